The van der Waals surface area contributed by atoms with Gasteiger partial charge < -0.3 is 9.47 Å². The summed E-state index contributed by atoms with van der Waals surface area (Å²) in [5.41, 5.74) is 4.16. The van der Waals surface area contributed by atoms with E-state index in [0.717, 1.165) is 17.7 Å². The van der Waals surface area contributed by atoms with Crippen LogP contribution >= 0.6 is 11.3 Å². The number of ether oxygens (including phenoxy) is 2. The molecule has 0 saturated carbocycles. The Morgan fingerprint density at radius 1 is 1.23 bits per heavy atom. The Morgan fingerprint density at radius 2 is 2.05 bits per heavy atom. The van der Waals surface area contributed by atoms with Gasteiger partial charge in [0.2, 0.25) is 0 Å². The molecule has 2 aromatic rings. The van der Waals surface area contributed by atoms with Crippen molar-refractivity contribution in [1.82, 2.24) is 5.43 Å². The van der Waals surface area contributed by atoms with Crippen LogP contribution in [0.3, 0.4) is 0 Å². The van der Waals surface area contributed by atoms with Crippen LogP contribution in [0, 0.1) is 0 Å². The average Bonchev–Trinajstić information content (AvgIpc) is 2.97. The van der Waals surface area contributed by atoms with Crippen molar-refractivity contribution in [2.45, 2.75) is 13.3 Å². The second-order valence-corrected chi connectivity index (χ2v) is 5.78. The molecule has 6 heteroatoms. The Hall–Kier alpha value is -2.34. The molecule has 0 unspecified atom stereocenters. The van der Waals surface area contributed by atoms with Gasteiger partial charge in [-0.25, -0.2) is 5.43 Å². The maximum Gasteiger partial charge on any atom is 0.281 e. The van der Waals surface area contributed by atoms with Crippen LogP contribution in [0.1, 0.15) is 28.6 Å². The van der Waals surface area contributed by atoms with Crippen LogP contribution in [-0.2, 0) is 0 Å². The van der Waals surface area contributed by atoms with E-state index in [-0.39, 0.29) is 5.91 Å². The summed E-state index contributed by atoms with van der Waals surface area (Å²) in [6.45, 7) is 3.14. The van der Waals surface area contributed by atoms with E-state index in [1.54, 1.807) is 6.07 Å². The van der Waals surface area contributed by atoms with Gasteiger partial charge >= 0.3 is 0 Å². The largest absolute Gasteiger partial charge is 0.490 e. The monoisotopic (exact) mass is 316 g/mol. The summed E-state index contributed by atoms with van der Waals surface area (Å²) in [6, 6.07) is 9.26. The van der Waals surface area contributed by atoms with Crippen molar-refractivity contribution in [3.8, 4) is 11.5 Å². The third-order valence-corrected chi connectivity index (χ3v) is 4.10. The van der Waals surface area contributed by atoms with Crippen LogP contribution in [0.5, 0.6) is 11.5 Å². The Bertz CT molecular complexity index is 695. The predicted molar refractivity (Wildman–Crippen MR) is 86.0 cm³/mol. The van der Waals surface area contributed by atoms with Crippen molar-refractivity contribution in [2.75, 3.05) is 13.2 Å². The van der Waals surface area contributed by atoms with E-state index in [4.69, 9.17) is 9.47 Å². The molecule has 0 radical (unpaired) electrons. The Balaban J connectivity index is 1.74. The Labute approximate surface area is 132 Å². The SMILES string of the molecule is C/C(=N/NC(=O)c1cccs1)c1ccc2c(c1)OCCCO2. The molecule has 1 aromatic carbocycles. The molecule has 1 amide bonds. The number of benzene rings is 1. The highest BCUT2D eigenvalue weighted by atomic mass is 32.1. The first-order chi connectivity index (χ1) is 10.7. The molecule has 1 N–H and O–H groups in total. The van der Waals surface area contributed by atoms with Crippen molar-refractivity contribution >= 4 is 23.0 Å². The lowest BCUT2D eigenvalue weighted by Gasteiger charge is -2.09. The molecule has 1 aliphatic heterocycles. The third-order valence-electron chi connectivity index (χ3n) is 3.24. The number of hydrogen-bond acceptors (Lipinski definition) is 5. The molecule has 1 aromatic heterocycles. The van der Waals surface area contributed by atoms with E-state index >= 15 is 0 Å². The predicted octanol–water partition coefficient (Wildman–Crippen LogP) is 3.06. The van der Waals surface area contributed by atoms with E-state index < -0.39 is 0 Å². The highest BCUT2D eigenvalue weighted by molar-refractivity contribution is 7.12. The van der Waals surface area contributed by atoms with Crippen LogP contribution in [0.2, 0.25) is 0 Å². The van der Waals surface area contributed by atoms with Crippen molar-refractivity contribution in [1.29, 1.82) is 0 Å². The number of nitrogens with zero attached hydrogens (tertiary/aromatic N) is 1. The molecule has 2 heterocycles. The number of amides is 1. The summed E-state index contributed by atoms with van der Waals surface area (Å²) in [5, 5.41) is 6.01. The lowest BCUT2D eigenvalue weighted by molar-refractivity contribution is 0.0959. The minimum atomic E-state index is -0.205. The van der Waals surface area contributed by atoms with Crippen molar-refractivity contribution in [3.05, 3.63) is 46.2 Å². The molecular formula is C16H16N2O3S. The van der Waals surface area contributed by atoms with Gasteiger partial charge in [-0.05, 0) is 36.6 Å². The third kappa shape index (κ3) is 3.28. The molecule has 5 nitrogen and oxygen atoms in total. The van der Waals surface area contributed by atoms with E-state index in [9.17, 15) is 4.79 Å². The molecule has 0 atom stereocenters. The van der Waals surface area contributed by atoms with Gasteiger partial charge in [0.15, 0.2) is 11.5 Å². The van der Waals surface area contributed by atoms with Gasteiger partial charge in [-0.1, -0.05) is 6.07 Å². The Morgan fingerprint density at radius 3 is 2.82 bits per heavy atom. The van der Waals surface area contributed by atoms with E-state index in [0.29, 0.717) is 29.6 Å². The number of thiophene rings is 1. The van der Waals surface area contributed by atoms with Gasteiger partial charge in [-0.15, -0.1) is 11.3 Å². The molecule has 0 aliphatic carbocycles. The van der Waals surface area contributed by atoms with Crippen LogP contribution in [0.15, 0.2) is 40.8 Å². The number of carbonyl (C=O) groups is 1. The second-order valence-electron chi connectivity index (χ2n) is 4.83. The first-order valence-electron chi connectivity index (χ1n) is 7.02. The van der Waals surface area contributed by atoms with Crippen molar-refractivity contribution < 1.29 is 14.3 Å². The lowest BCUT2D eigenvalue weighted by atomic mass is 10.1. The van der Waals surface area contributed by atoms with E-state index in [1.165, 1.54) is 11.3 Å². The number of fused-ring (bicyclic) bond motifs is 1. The molecule has 1 aliphatic rings. The van der Waals surface area contributed by atoms with Crippen LogP contribution < -0.4 is 14.9 Å². The number of nitrogens with one attached hydrogen (secondary N) is 1. The summed E-state index contributed by atoms with van der Waals surface area (Å²) in [5.74, 6) is 1.26. The number of hydrazone groups is 1. The maximum absolute atomic E-state index is 11.9. The number of carbonyl (C=O) groups excluding carboxylic acids is 1. The standard InChI is InChI=1S/C16H16N2O3S/c1-11(17-18-16(19)15-4-2-9-22-15)12-5-6-13-14(10-12)21-8-3-7-20-13/h2,4-6,9-10H,3,7-8H2,1H3,(H,18,19)/b17-11-. The molecule has 114 valence electrons. The molecular weight excluding hydrogens is 300 g/mol. The average molecular weight is 316 g/mol. The highest BCUT2D eigenvalue weighted by Crippen LogP contribution is 2.30. The van der Waals surface area contributed by atoms with Gasteiger partial charge in [0.05, 0.1) is 23.8 Å². The molecule has 0 spiro atoms. The Kier molecular flexibility index (Phi) is 4.39. The van der Waals surface area contributed by atoms with E-state index in [1.807, 2.05) is 36.6 Å². The summed E-state index contributed by atoms with van der Waals surface area (Å²) in [7, 11) is 0. The molecule has 22 heavy (non-hydrogen) atoms. The molecule has 0 saturated heterocycles. The summed E-state index contributed by atoms with van der Waals surface area (Å²) in [6.07, 6.45) is 0.869. The van der Waals surface area contributed by atoms with Gasteiger partial charge in [0, 0.05) is 12.0 Å². The fraction of sp³-hybridized carbons (Fsp3) is 0.250. The van der Waals surface area contributed by atoms with Gasteiger partial charge in [0.1, 0.15) is 0 Å². The minimum absolute atomic E-state index is 0.205. The van der Waals surface area contributed by atoms with Crippen LogP contribution in [0.25, 0.3) is 0 Å². The van der Waals surface area contributed by atoms with Gasteiger partial charge in [-0.2, -0.15) is 5.10 Å². The fourth-order valence-corrected chi connectivity index (χ4v) is 2.66. The topological polar surface area (TPSA) is 59.9 Å². The molecule has 3 rings (SSSR count). The zero-order chi connectivity index (χ0) is 15.4. The van der Waals surface area contributed by atoms with Crippen LogP contribution in [-0.4, -0.2) is 24.8 Å². The molecule has 0 fully saturated rings. The zero-order valence-electron chi connectivity index (χ0n) is 12.2. The van der Waals surface area contributed by atoms with Crippen molar-refractivity contribution in [2.24, 2.45) is 5.10 Å². The number of hydrogen-bond donors (Lipinski definition) is 1. The summed E-state index contributed by atoms with van der Waals surface area (Å²) < 4.78 is 11.3. The lowest BCUT2D eigenvalue weighted by Crippen LogP contribution is -2.18. The molecule has 0 bridgehead atoms. The van der Waals surface area contributed by atoms with Gasteiger partial charge in [-0.3, -0.25) is 4.79 Å². The quantitative estimate of drug-likeness (QED) is 0.699. The zero-order valence-corrected chi connectivity index (χ0v) is 13.0. The number of rotatable bonds is 3. The first-order valence-corrected chi connectivity index (χ1v) is 7.90. The maximum atomic E-state index is 11.9. The smallest absolute Gasteiger partial charge is 0.281 e. The minimum Gasteiger partial charge on any atom is -0.490 e. The normalized spacial score (nSPS) is 14.3. The second kappa shape index (κ2) is 6.62. The van der Waals surface area contributed by atoms with Gasteiger partial charge in [0.25, 0.3) is 5.91 Å². The highest BCUT2D eigenvalue weighted by Gasteiger charge is 2.12. The summed E-state index contributed by atoms with van der Waals surface area (Å²) >= 11 is 1.38. The fourth-order valence-electron chi connectivity index (χ4n) is 2.05. The van der Waals surface area contributed by atoms with Crippen LogP contribution in [0.4, 0.5) is 0 Å². The summed E-state index contributed by atoms with van der Waals surface area (Å²) in [4.78, 5) is 12.5. The van der Waals surface area contributed by atoms with Crippen molar-refractivity contribution in [3.63, 3.8) is 0 Å². The van der Waals surface area contributed by atoms with E-state index in [2.05, 4.69) is 10.5 Å². The first kappa shape index (κ1) is 14.6.